The van der Waals surface area contributed by atoms with Gasteiger partial charge < -0.3 is 10.6 Å². The molecule has 0 aliphatic rings. The van der Waals surface area contributed by atoms with Crippen molar-refractivity contribution in [2.45, 2.75) is 4.90 Å². The van der Waals surface area contributed by atoms with E-state index in [1.54, 1.807) is 48.5 Å². The van der Waals surface area contributed by atoms with Crippen molar-refractivity contribution in [3.05, 3.63) is 106 Å². The van der Waals surface area contributed by atoms with E-state index < -0.39 is 16.7 Å². The van der Waals surface area contributed by atoms with Crippen LogP contribution in [0.25, 0.3) is 6.08 Å². The van der Waals surface area contributed by atoms with Crippen LogP contribution < -0.4 is 10.6 Å². The lowest BCUT2D eigenvalue weighted by Gasteiger charge is -2.12. The minimum atomic E-state index is -0.569. The molecular formula is C24H18N4O4S. The number of nitrogens with one attached hydrogen (secondary N) is 2. The van der Waals surface area contributed by atoms with Crippen molar-refractivity contribution in [1.82, 2.24) is 5.32 Å². The van der Waals surface area contributed by atoms with E-state index in [0.717, 1.165) is 4.90 Å². The van der Waals surface area contributed by atoms with Crippen LogP contribution >= 0.6 is 11.8 Å². The zero-order valence-corrected chi connectivity index (χ0v) is 18.0. The number of hydrogen-bond acceptors (Lipinski definition) is 6. The molecule has 0 heterocycles. The Kier molecular flexibility index (Phi) is 7.94. The lowest BCUT2D eigenvalue weighted by molar-refractivity contribution is -0.384. The fourth-order valence-corrected chi connectivity index (χ4v) is 3.40. The van der Waals surface area contributed by atoms with Crippen molar-refractivity contribution in [2.24, 2.45) is 0 Å². The monoisotopic (exact) mass is 458 g/mol. The molecule has 0 aromatic heterocycles. The van der Waals surface area contributed by atoms with Crippen LogP contribution in [0.2, 0.25) is 0 Å². The SMILES string of the molecule is N#CCSc1cccc(NC(=O)/C(=C\c2ccc([N+](=O)[O-])cc2)NC(=O)c2ccccc2)c1. The molecule has 3 rings (SSSR count). The topological polar surface area (TPSA) is 125 Å². The van der Waals surface area contributed by atoms with Gasteiger partial charge in [-0.3, -0.25) is 19.7 Å². The number of nitrogens with zero attached hydrogens (tertiary/aromatic N) is 2. The molecule has 0 spiro atoms. The summed E-state index contributed by atoms with van der Waals surface area (Å²) in [5.41, 5.74) is 1.24. The van der Waals surface area contributed by atoms with Gasteiger partial charge in [0.2, 0.25) is 0 Å². The number of carbonyl (C=O) groups excluding carboxylic acids is 2. The highest BCUT2D eigenvalue weighted by Gasteiger charge is 2.15. The molecule has 0 unspecified atom stereocenters. The number of anilines is 1. The minimum absolute atomic E-state index is 0.0345. The summed E-state index contributed by atoms with van der Waals surface area (Å²) in [6, 6.07) is 23.1. The zero-order valence-electron chi connectivity index (χ0n) is 17.2. The van der Waals surface area contributed by atoms with E-state index in [-0.39, 0.29) is 17.1 Å². The van der Waals surface area contributed by atoms with Crippen molar-refractivity contribution >= 4 is 41.0 Å². The number of hydrogen-bond donors (Lipinski definition) is 2. The molecule has 0 fully saturated rings. The van der Waals surface area contributed by atoms with E-state index in [1.165, 1.54) is 42.1 Å². The predicted octanol–water partition coefficient (Wildman–Crippen LogP) is 4.62. The van der Waals surface area contributed by atoms with Crippen LogP contribution in [-0.2, 0) is 4.79 Å². The number of benzene rings is 3. The molecule has 2 amide bonds. The quantitative estimate of drug-likeness (QED) is 0.220. The Balaban J connectivity index is 1.87. The van der Waals surface area contributed by atoms with Gasteiger partial charge in [-0.25, -0.2) is 0 Å². The van der Waals surface area contributed by atoms with Crippen LogP contribution in [0.4, 0.5) is 11.4 Å². The normalized spacial score (nSPS) is 10.7. The fourth-order valence-electron chi connectivity index (χ4n) is 2.78. The van der Waals surface area contributed by atoms with Gasteiger partial charge in [-0.05, 0) is 54.1 Å². The van der Waals surface area contributed by atoms with Gasteiger partial charge in [0.05, 0.1) is 16.7 Å². The molecule has 0 atom stereocenters. The third kappa shape index (κ3) is 6.78. The highest BCUT2D eigenvalue weighted by Crippen LogP contribution is 2.22. The average molecular weight is 458 g/mol. The van der Waals surface area contributed by atoms with Crippen molar-refractivity contribution in [2.75, 3.05) is 11.1 Å². The Morgan fingerprint density at radius 2 is 1.76 bits per heavy atom. The molecule has 0 bridgehead atoms. The third-order valence-corrected chi connectivity index (χ3v) is 5.20. The van der Waals surface area contributed by atoms with Crippen molar-refractivity contribution < 1.29 is 14.5 Å². The van der Waals surface area contributed by atoms with Gasteiger partial charge in [0.15, 0.2) is 0 Å². The van der Waals surface area contributed by atoms with Gasteiger partial charge in [-0.1, -0.05) is 24.3 Å². The maximum absolute atomic E-state index is 13.0. The number of nitro groups is 1. The Morgan fingerprint density at radius 3 is 2.42 bits per heavy atom. The number of thioether (sulfide) groups is 1. The van der Waals surface area contributed by atoms with Crippen LogP contribution in [-0.4, -0.2) is 22.5 Å². The summed E-state index contributed by atoms with van der Waals surface area (Å²) in [6.07, 6.45) is 1.44. The summed E-state index contributed by atoms with van der Waals surface area (Å²) < 4.78 is 0. The number of nitriles is 1. The molecule has 9 heteroatoms. The highest BCUT2D eigenvalue weighted by molar-refractivity contribution is 7.99. The van der Waals surface area contributed by atoms with E-state index in [0.29, 0.717) is 16.8 Å². The molecule has 0 aliphatic carbocycles. The molecule has 3 aromatic rings. The van der Waals surface area contributed by atoms with Crippen molar-refractivity contribution in [1.29, 1.82) is 5.26 Å². The number of amides is 2. The molecule has 2 N–H and O–H groups in total. The molecule has 0 saturated heterocycles. The first-order valence-electron chi connectivity index (χ1n) is 9.70. The molecule has 164 valence electrons. The first-order valence-corrected chi connectivity index (χ1v) is 10.7. The van der Waals surface area contributed by atoms with Gasteiger partial charge in [0.1, 0.15) is 5.70 Å². The Bertz CT molecular complexity index is 1240. The smallest absolute Gasteiger partial charge is 0.272 e. The second-order valence-corrected chi connectivity index (χ2v) is 7.70. The summed E-state index contributed by atoms with van der Waals surface area (Å²) in [5, 5.41) is 25.0. The maximum atomic E-state index is 13.0. The second kappa shape index (κ2) is 11.3. The summed E-state index contributed by atoms with van der Waals surface area (Å²) in [6.45, 7) is 0. The summed E-state index contributed by atoms with van der Waals surface area (Å²) in [5.74, 6) is -0.771. The molecule has 33 heavy (non-hydrogen) atoms. The van der Waals surface area contributed by atoms with E-state index in [1.807, 2.05) is 12.1 Å². The number of nitro benzene ring substituents is 1. The lowest BCUT2D eigenvalue weighted by atomic mass is 10.1. The van der Waals surface area contributed by atoms with E-state index in [2.05, 4.69) is 10.6 Å². The van der Waals surface area contributed by atoms with Gasteiger partial charge in [-0.15, -0.1) is 11.8 Å². The third-order valence-electron chi connectivity index (χ3n) is 4.34. The van der Waals surface area contributed by atoms with Crippen LogP contribution in [0.5, 0.6) is 0 Å². The molecule has 8 nitrogen and oxygen atoms in total. The average Bonchev–Trinajstić information content (AvgIpc) is 2.83. The van der Waals surface area contributed by atoms with E-state index in [4.69, 9.17) is 5.26 Å². The molecule has 0 saturated carbocycles. The number of non-ortho nitro benzene ring substituents is 1. The van der Waals surface area contributed by atoms with Gasteiger partial charge in [0, 0.05) is 28.3 Å². The molecule has 0 aliphatic heterocycles. The lowest BCUT2D eigenvalue weighted by Crippen LogP contribution is -2.30. The molecule has 3 aromatic carbocycles. The molecule has 0 radical (unpaired) electrons. The highest BCUT2D eigenvalue weighted by atomic mass is 32.2. The Morgan fingerprint density at radius 1 is 1.03 bits per heavy atom. The second-order valence-electron chi connectivity index (χ2n) is 6.66. The van der Waals surface area contributed by atoms with Gasteiger partial charge >= 0.3 is 0 Å². The first kappa shape index (κ1) is 23.2. The van der Waals surface area contributed by atoms with E-state index >= 15 is 0 Å². The Hall–Kier alpha value is -4.42. The van der Waals surface area contributed by atoms with Crippen LogP contribution in [0.15, 0.2) is 89.5 Å². The predicted molar refractivity (Wildman–Crippen MR) is 126 cm³/mol. The summed E-state index contributed by atoms with van der Waals surface area (Å²) >= 11 is 1.33. The maximum Gasteiger partial charge on any atom is 0.272 e. The standard InChI is InChI=1S/C24H18N4O4S/c25-13-14-33-21-8-4-7-19(16-21)26-24(30)22(27-23(29)18-5-2-1-3-6-18)15-17-9-11-20(12-10-17)28(31)32/h1-12,15-16H,14H2,(H,26,30)(H,27,29)/b22-15+. The molecular weight excluding hydrogens is 440 g/mol. The fraction of sp³-hybridized carbons (Fsp3) is 0.0417. The van der Waals surface area contributed by atoms with Crippen molar-refractivity contribution in [3.8, 4) is 6.07 Å². The van der Waals surface area contributed by atoms with E-state index in [9.17, 15) is 19.7 Å². The summed E-state index contributed by atoms with van der Waals surface area (Å²) in [4.78, 5) is 36.9. The van der Waals surface area contributed by atoms with Crippen molar-refractivity contribution in [3.63, 3.8) is 0 Å². The largest absolute Gasteiger partial charge is 0.321 e. The van der Waals surface area contributed by atoms with Gasteiger partial charge in [0.25, 0.3) is 17.5 Å². The van der Waals surface area contributed by atoms with Crippen LogP contribution in [0.1, 0.15) is 15.9 Å². The van der Waals surface area contributed by atoms with Crippen LogP contribution in [0, 0.1) is 21.4 Å². The van der Waals surface area contributed by atoms with Crippen LogP contribution in [0.3, 0.4) is 0 Å². The number of rotatable bonds is 8. The first-order chi connectivity index (χ1) is 16.0. The minimum Gasteiger partial charge on any atom is -0.321 e. The zero-order chi connectivity index (χ0) is 23.6. The summed E-state index contributed by atoms with van der Waals surface area (Å²) in [7, 11) is 0. The number of carbonyl (C=O) groups is 2. The van der Waals surface area contributed by atoms with Gasteiger partial charge in [-0.2, -0.15) is 5.26 Å². The Labute approximate surface area is 194 Å².